The molecule has 0 atom stereocenters. The van der Waals surface area contributed by atoms with E-state index in [0.717, 1.165) is 37.1 Å². The highest BCUT2D eigenvalue weighted by Gasteiger charge is 2.25. The van der Waals surface area contributed by atoms with E-state index in [9.17, 15) is 0 Å². The van der Waals surface area contributed by atoms with Crippen molar-refractivity contribution in [2.75, 3.05) is 14.1 Å². The van der Waals surface area contributed by atoms with E-state index in [2.05, 4.69) is 107 Å². The number of hydrogen-bond acceptors (Lipinski definition) is 2. The molecular weight excluding hydrogens is 532 g/mol. The molecule has 0 spiro atoms. The van der Waals surface area contributed by atoms with E-state index < -0.39 is 0 Å². The maximum atomic E-state index is 4.86. The summed E-state index contributed by atoms with van der Waals surface area (Å²) in [5.41, 5.74) is 13.3. The first kappa shape index (κ1) is 39.8. The summed E-state index contributed by atoms with van der Waals surface area (Å²) in [5.74, 6) is 0. The van der Waals surface area contributed by atoms with Crippen LogP contribution in [0.2, 0.25) is 0 Å². The van der Waals surface area contributed by atoms with Crippen LogP contribution in [0.15, 0.2) is 78.9 Å². The van der Waals surface area contributed by atoms with E-state index in [1.807, 2.05) is 14.1 Å². The predicted octanol–water partition coefficient (Wildman–Crippen LogP) is 13.3. The average Bonchev–Trinajstić information content (AvgIpc) is 3.01. The minimum atomic E-state index is 0.191. The third-order valence-corrected chi connectivity index (χ3v) is 10.6. The van der Waals surface area contributed by atoms with Gasteiger partial charge in [0.1, 0.15) is 0 Å². The van der Waals surface area contributed by atoms with Gasteiger partial charge in [-0.15, -0.1) is 0 Å². The van der Waals surface area contributed by atoms with Crippen LogP contribution in [0.25, 0.3) is 0 Å². The van der Waals surface area contributed by atoms with E-state index in [1.165, 1.54) is 96.0 Å². The fourth-order valence-electron chi connectivity index (χ4n) is 5.97. The van der Waals surface area contributed by atoms with Gasteiger partial charge in [-0.05, 0) is 99.3 Å². The molecule has 0 unspecified atom stereocenters. The maximum absolute atomic E-state index is 4.86. The molecule has 1 rings (SSSR count). The first-order valence-corrected chi connectivity index (χ1v) is 17.9. The maximum Gasteiger partial charge on any atom is 0.0903 e. The molecule has 2 nitrogen and oxygen atoms in total. The molecule has 0 heterocycles. The molecule has 0 aromatic rings. The lowest BCUT2D eigenvalue weighted by Crippen LogP contribution is -2.24. The molecule has 0 aromatic carbocycles. The Morgan fingerprint density at radius 1 is 0.568 bits per heavy atom. The molecule has 0 amide bonds. The second-order valence-electron chi connectivity index (χ2n) is 14.4. The number of unbranched alkanes of at least 4 members (excludes halogenated alkanes) is 6. The van der Waals surface area contributed by atoms with E-state index in [1.54, 1.807) is 0 Å². The molecule has 2 heteroatoms. The number of rotatable bonds is 18. The van der Waals surface area contributed by atoms with E-state index in [0.29, 0.717) is 0 Å². The van der Waals surface area contributed by atoms with Gasteiger partial charge in [0, 0.05) is 25.2 Å². The quantitative estimate of drug-likeness (QED) is 0.0847. The van der Waals surface area contributed by atoms with Crippen molar-refractivity contribution in [3.8, 4) is 0 Å². The molecule has 44 heavy (non-hydrogen) atoms. The van der Waals surface area contributed by atoms with Gasteiger partial charge in [-0.25, -0.2) is 0 Å². The molecule has 0 fully saturated rings. The Balaban J connectivity index is 3.70. The van der Waals surface area contributed by atoms with Crippen LogP contribution >= 0.6 is 0 Å². The Morgan fingerprint density at radius 2 is 0.909 bits per heavy atom. The first-order valence-electron chi connectivity index (χ1n) is 17.9. The van der Waals surface area contributed by atoms with Crippen molar-refractivity contribution < 1.29 is 0 Å². The summed E-state index contributed by atoms with van der Waals surface area (Å²) < 4.78 is 0. The zero-order valence-electron chi connectivity index (χ0n) is 31.7. The third-order valence-electron chi connectivity index (χ3n) is 10.6. The SMILES string of the molecule is CCCCCCC(/C=C(\C)C1=CC=C(/C(C)=C/C(CCCCCC)=C(\C)C(C)(C)CC)C(=N/C)/C1=N\C)=C(/C)C(C)(C)CC. The average molecular weight is 603 g/mol. The molecule has 0 saturated carbocycles. The highest BCUT2D eigenvalue weighted by Crippen LogP contribution is 2.37. The summed E-state index contributed by atoms with van der Waals surface area (Å²) in [5, 5.41) is 0. The fraction of sp³-hybridized carbons (Fsp3) is 0.667. The Hall–Kier alpha value is -2.22. The zero-order chi connectivity index (χ0) is 33.5. The number of nitrogens with zero attached hydrogens (tertiary/aromatic N) is 2. The standard InChI is InChI=1S/C42H70N2/c1-15-19-21-23-25-35(33(7)41(9,10)17-3)29-31(5)37-27-28-38(40(44-14)39(37)43-13)32(6)30-36(26-24-22-20-16-2)34(8)42(11,12)18-4/h27-30H,15-26H2,1-14H3/b31-29+,32-30+,35-33+,36-34+,43-39-,44-40-. The summed E-state index contributed by atoms with van der Waals surface area (Å²) in [7, 11) is 3.84. The lowest BCUT2D eigenvalue weighted by atomic mass is 9.78. The third kappa shape index (κ3) is 11.3. The van der Waals surface area contributed by atoms with Gasteiger partial charge in [0.15, 0.2) is 0 Å². The van der Waals surface area contributed by atoms with E-state index in [4.69, 9.17) is 9.98 Å². The van der Waals surface area contributed by atoms with Crippen molar-refractivity contribution in [1.29, 1.82) is 0 Å². The van der Waals surface area contributed by atoms with Crippen LogP contribution < -0.4 is 0 Å². The molecule has 1 aliphatic rings. The van der Waals surface area contributed by atoms with Crippen molar-refractivity contribution in [3.05, 3.63) is 68.9 Å². The molecule has 248 valence electrons. The van der Waals surface area contributed by atoms with Crippen molar-refractivity contribution in [2.45, 2.75) is 160 Å². The monoisotopic (exact) mass is 603 g/mol. The number of hydrogen-bond donors (Lipinski definition) is 0. The molecule has 0 N–H and O–H groups in total. The summed E-state index contributed by atoms with van der Waals surface area (Å²) in [6.07, 6.45) is 24.3. The second kappa shape index (κ2) is 19.3. The van der Waals surface area contributed by atoms with Gasteiger partial charge >= 0.3 is 0 Å². The molecule has 1 aliphatic carbocycles. The van der Waals surface area contributed by atoms with E-state index in [-0.39, 0.29) is 10.8 Å². The van der Waals surface area contributed by atoms with Crippen molar-refractivity contribution in [2.24, 2.45) is 20.8 Å². The van der Waals surface area contributed by atoms with Gasteiger partial charge in [0.2, 0.25) is 0 Å². The van der Waals surface area contributed by atoms with Crippen molar-refractivity contribution in [1.82, 2.24) is 0 Å². The van der Waals surface area contributed by atoms with Crippen LogP contribution in [0.5, 0.6) is 0 Å². The number of allylic oxidation sites excluding steroid dienone is 12. The molecular formula is C42H70N2. The highest BCUT2D eigenvalue weighted by molar-refractivity contribution is 6.56. The minimum Gasteiger partial charge on any atom is -0.286 e. The van der Waals surface area contributed by atoms with Gasteiger partial charge < -0.3 is 0 Å². The fourth-order valence-corrected chi connectivity index (χ4v) is 5.97. The minimum absolute atomic E-state index is 0.191. The van der Waals surface area contributed by atoms with Crippen molar-refractivity contribution >= 4 is 11.4 Å². The van der Waals surface area contributed by atoms with Gasteiger partial charge in [0.05, 0.1) is 11.4 Å². The molecule has 0 radical (unpaired) electrons. The highest BCUT2D eigenvalue weighted by atomic mass is 14.8. The van der Waals surface area contributed by atoms with Crippen LogP contribution in [0.1, 0.15) is 160 Å². The smallest absolute Gasteiger partial charge is 0.0903 e. The Labute approximate surface area is 274 Å². The number of aliphatic imine (C=N–C) groups is 2. The van der Waals surface area contributed by atoms with Crippen LogP contribution in [0.3, 0.4) is 0 Å². The zero-order valence-corrected chi connectivity index (χ0v) is 31.7. The Morgan fingerprint density at radius 3 is 1.18 bits per heavy atom. The van der Waals surface area contributed by atoms with Crippen LogP contribution in [-0.2, 0) is 0 Å². The van der Waals surface area contributed by atoms with Gasteiger partial charge in [-0.3, -0.25) is 9.98 Å². The van der Waals surface area contributed by atoms with E-state index >= 15 is 0 Å². The first-order chi connectivity index (χ1) is 20.8. The molecule has 0 bridgehead atoms. The van der Waals surface area contributed by atoms with Crippen LogP contribution in [0.4, 0.5) is 0 Å². The summed E-state index contributed by atoms with van der Waals surface area (Å²) in [6, 6.07) is 0. The Bertz CT molecular complexity index is 1090. The summed E-state index contributed by atoms with van der Waals surface area (Å²) in [6.45, 7) is 28.0. The van der Waals surface area contributed by atoms with Crippen LogP contribution in [0, 0.1) is 10.8 Å². The second-order valence-corrected chi connectivity index (χ2v) is 14.4. The lowest BCUT2D eigenvalue weighted by molar-refractivity contribution is 0.424. The van der Waals surface area contributed by atoms with Gasteiger partial charge in [-0.1, -0.05) is 129 Å². The largest absolute Gasteiger partial charge is 0.286 e. The summed E-state index contributed by atoms with van der Waals surface area (Å²) >= 11 is 0. The predicted molar refractivity (Wildman–Crippen MR) is 201 cm³/mol. The normalized spacial score (nSPS) is 18.4. The molecule has 0 aromatic heterocycles. The van der Waals surface area contributed by atoms with Crippen molar-refractivity contribution in [3.63, 3.8) is 0 Å². The van der Waals surface area contributed by atoms with Gasteiger partial charge in [0.25, 0.3) is 0 Å². The molecule has 0 aliphatic heterocycles. The van der Waals surface area contributed by atoms with Crippen LogP contribution in [-0.4, -0.2) is 25.5 Å². The Kier molecular flexibility index (Phi) is 17.5. The van der Waals surface area contributed by atoms with Gasteiger partial charge in [-0.2, -0.15) is 0 Å². The molecule has 0 saturated heterocycles. The topological polar surface area (TPSA) is 24.7 Å². The summed E-state index contributed by atoms with van der Waals surface area (Å²) in [4.78, 5) is 9.71. The lowest BCUT2D eigenvalue weighted by Gasteiger charge is -2.28.